The molecular weight excluding hydrogens is 360 g/mol. The number of benzene rings is 1. The van der Waals surface area contributed by atoms with Crippen LogP contribution in [-0.2, 0) is 9.59 Å². The first-order valence-corrected chi connectivity index (χ1v) is 8.23. The van der Waals surface area contributed by atoms with Crippen molar-refractivity contribution in [2.75, 3.05) is 64.6 Å². The highest BCUT2D eigenvalue weighted by Crippen LogP contribution is 2.35. The van der Waals surface area contributed by atoms with Gasteiger partial charge in [-0.25, -0.2) is 0 Å². The Balaban J connectivity index is 0.00000338. The summed E-state index contributed by atoms with van der Waals surface area (Å²) in [6.07, 6.45) is 0. The quantitative estimate of drug-likeness (QED) is 0.391. The van der Waals surface area contributed by atoms with Crippen molar-refractivity contribution in [1.29, 1.82) is 0 Å². The minimum atomic E-state index is -0.276. The summed E-state index contributed by atoms with van der Waals surface area (Å²) in [6, 6.07) is 2.87. The molecule has 9 heteroatoms. The fraction of sp³-hybridized carbons (Fsp3) is 0.529. The predicted molar refractivity (Wildman–Crippen MR) is 95.9 cm³/mol. The Morgan fingerprint density at radius 1 is 1.23 bits per heavy atom. The van der Waals surface area contributed by atoms with E-state index in [0.29, 0.717) is 22.5 Å². The van der Waals surface area contributed by atoms with Gasteiger partial charge >= 0.3 is 0 Å². The number of amides is 2. The number of ether oxygens (including phenoxy) is 1. The second-order valence-corrected chi connectivity index (χ2v) is 6.83. The molecule has 2 rings (SSSR count). The monoisotopic (exact) mass is 386 g/mol. The number of hydrogen-bond donors (Lipinski definition) is 3. The highest BCUT2D eigenvalue weighted by molar-refractivity contribution is 5.96. The van der Waals surface area contributed by atoms with E-state index in [0.717, 1.165) is 26.2 Å². The van der Waals surface area contributed by atoms with E-state index in [-0.39, 0.29) is 35.7 Å². The number of quaternary nitrogens is 1. The van der Waals surface area contributed by atoms with Crippen LogP contribution in [0.25, 0.3) is 0 Å². The SMILES string of the molecule is COc1cc(NC(=O)C[N+]2(C)CCN(C)CC2)c(O)cc1NC(C)=O.[Cl-]. The summed E-state index contributed by atoms with van der Waals surface area (Å²) in [5, 5.41) is 15.5. The Kier molecular flexibility index (Phi) is 7.68. The fourth-order valence-electron chi connectivity index (χ4n) is 2.87. The summed E-state index contributed by atoms with van der Waals surface area (Å²) in [7, 11) is 5.59. The highest BCUT2D eigenvalue weighted by atomic mass is 35.5. The Hall–Kier alpha value is -2.03. The zero-order valence-electron chi connectivity index (χ0n) is 15.6. The maximum absolute atomic E-state index is 12.4. The zero-order chi connectivity index (χ0) is 18.6. The van der Waals surface area contributed by atoms with Crippen LogP contribution in [0.4, 0.5) is 11.4 Å². The molecule has 0 atom stereocenters. The Morgan fingerprint density at radius 2 is 1.85 bits per heavy atom. The van der Waals surface area contributed by atoms with Gasteiger partial charge in [-0.15, -0.1) is 0 Å². The number of carbonyl (C=O) groups is 2. The van der Waals surface area contributed by atoms with Crippen LogP contribution in [0.5, 0.6) is 11.5 Å². The van der Waals surface area contributed by atoms with Crippen molar-refractivity contribution < 1.29 is 36.3 Å². The van der Waals surface area contributed by atoms with Crippen molar-refractivity contribution >= 4 is 23.2 Å². The number of anilines is 2. The van der Waals surface area contributed by atoms with Gasteiger partial charge in [0.25, 0.3) is 5.91 Å². The van der Waals surface area contributed by atoms with E-state index in [9.17, 15) is 14.7 Å². The minimum Gasteiger partial charge on any atom is -1.00 e. The van der Waals surface area contributed by atoms with Crippen molar-refractivity contribution in [2.24, 2.45) is 0 Å². The molecule has 0 spiro atoms. The third-order valence-corrected chi connectivity index (χ3v) is 4.47. The minimum absolute atomic E-state index is 0. The number of phenols is 1. The van der Waals surface area contributed by atoms with Gasteiger partial charge < -0.3 is 37.4 Å². The van der Waals surface area contributed by atoms with Gasteiger partial charge in [-0.2, -0.15) is 0 Å². The van der Waals surface area contributed by atoms with E-state index in [1.54, 1.807) is 0 Å². The summed E-state index contributed by atoms with van der Waals surface area (Å²) < 4.78 is 5.88. The summed E-state index contributed by atoms with van der Waals surface area (Å²) in [5.74, 6) is -0.208. The Morgan fingerprint density at radius 3 is 2.38 bits per heavy atom. The number of phenolic OH excluding ortho intramolecular Hbond substituents is 1. The second kappa shape index (κ2) is 9.07. The molecule has 8 nitrogen and oxygen atoms in total. The van der Waals surface area contributed by atoms with E-state index < -0.39 is 0 Å². The third kappa shape index (κ3) is 5.76. The van der Waals surface area contributed by atoms with E-state index in [4.69, 9.17) is 4.74 Å². The summed E-state index contributed by atoms with van der Waals surface area (Å²) in [5.41, 5.74) is 0.611. The Bertz CT molecular complexity index is 660. The van der Waals surface area contributed by atoms with E-state index in [1.165, 1.54) is 26.2 Å². The standard InChI is InChI=1S/C17H26N4O4.ClH/c1-12(22)18-14-9-15(23)13(10-16(14)25-4)19-17(24)11-21(3)7-5-20(2)6-8-21;/h9-10H,5-8,11H2,1-4H3,(H2-,18,19,22,23,24);1H. The van der Waals surface area contributed by atoms with Gasteiger partial charge in [0.1, 0.15) is 11.5 Å². The molecule has 3 N–H and O–H groups in total. The molecule has 1 aromatic rings. The second-order valence-electron chi connectivity index (χ2n) is 6.83. The molecule has 0 unspecified atom stereocenters. The van der Waals surface area contributed by atoms with Gasteiger partial charge in [-0.05, 0) is 7.05 Å². The molecule has 146 valence electrons. The molecular formula is C17H27ClN4O4. The van der Waals surface area contributed by atoms with Gasteiger partial charge in [0.15, 0.2) is 6.54 Å². The maximum atomic E-state index is 12.4. The average molecular weight is 387 g/mol. The first kappa shape index (κ1) is 22.0. The summed E-state index contributed by atoms with van der Waals surface area (Å²) in [6.45, 7) is 5.42. The lowest BCUT2D eigenvalue weighted by Gasteiger charge is -2.40. The van der Waals surface area contributed by atoms with Crippen LogP contribution in [0.15, 0.2) is 12.1 Å². The number of carbonyl (C=O) groups excluding carboxylic acids is 2. The van der Waals surface area contributed by atoms with Crippen molar-refractivity contribution in [2.45, 2.75) is 6.92 Å². The van der Waals surface area contributed by atoms with Crippen LogP contribution < -0.4 is 27.8 Å². The fourth-order valence-corrected chi connectivity index (χ4v) is 2.87. The number of nitrogens with zero attached hydrogens (tertiary/aromatic N) is 2. The topological polar surface area (TPSA) is 90.9 Å². The highest BCUT2D eigenvalue weighted by Gasteiger charge is 2.30. The van der Waals surface area contributed by atoms with Gasteiger partial charge in [-0.1, -0.05) is 0 Å². The lowest BCUT2D eigenvalue weighted by atomic mass is 10.2. The van der Waals surface area contributed by atoms with Crippen LogP contribution >= 0.6 is 0 Å². The molecule has 1 saturated heterocycles. The molecule has 1 aliphatic rings. The molecule has 0 radical (unpaired) electrons. The molecule has 1 heterocycles. The number of hydrogen-bond acceptors (Lipinski definition) is 5. The van der Waals surface area contributed by atoms with Crippen molar-refractivity contribution in [3.05, 3.63) is 12.1 Å². The van der Waals surface area contributed by atoms with Crippen LogP contribution in [0.2, 0.25) is 0 Å². The number of likely N-dealkylation sites (N-methyl/N-ethyl adjacent to an activating group) is 2. The van der Waals surface area contributed by atoms with Crippen LogP contribution in [0.3, 0.4) is 0 Å². The molecule has 1 aliphatic heterocycles. The number of rotatable bonds is 5. The molecule has 2 amide bonds. The van der Waals surface area contributed by atoms with Gasteiger partial charge in [0, 0.05) is 32.1 Å². The molecule has 26 heavy (non-hydrogen) atoms. The molecule has 0 saturated carbocycles. The lowest BCUT2D eigenvalue weighted by molar-refractivity contribution is -0.905. The van der Waals surface area contributed by atoms with Gasteiger partial charge in [0.05, 0.1) is 38.6 Å². The van der Waals surface area contributed by atoms with Crippen LogP contribution in [0.1, 0.15) is 6.92 Å². The van der Waals surface area contributed by atoms with Crippen molar-refractivity contribution in [3.63, 3.8) is 0 Å². The smallest absolute Gasteiger partial charge is 0.279 e. The van der Waals surface area contributed by atoms with Gasteiger partial charge in [0.2, 0.25) is 5.91 Å². The molecule has 0 aromatic heterocycles. The molecule has 1 fully saturated rings. The normalized spacial score (nSPS) is 16.3. The number of piperazine rings is 1. The van der Waals surface area contributed by atoms with Crippen LogP contribution in [-0.4, -0.2) is 80.2 Å². The van der Waals surface area contributed by atoms with E-state index in [2.05, 4.69) is 29.6 Å². The largest absolute Gasteiger partial charge is 1.00 e. The summed E-state index contributed by atoms with van der Waals surface area (Å²) >= 11 is 0. The number of methoxy groups -OCH3 is 1. The maximum Gasteiger partial charge on any atom is 0.279 e. The number of aromatic hydroxyl groups is 1. The van der Waals surface area contributed by atoms with Gasteiger partial charge in [-0.3, -0.25) is 14.5 Å². The van der Waals surface area contributed by atoms with Crippen LogP contribution in [0, 0.1) is 0 Å². The number of halogens is 1. The summed E-state index contributed by atoms with van der Waals surface area (Å²) in [4.78, 5) is 25.9. The Labute approximate surface area is 160 Å². The first-order chi connectivity index (χ1) is 11.7. The average Bonchev–Trinajstić information content (AvgIpc) is 2.52. The zero-order valence-corrected chi connectivity index (χ0v) is 16.4. The molecule has 1 aromatic carbocycles. The molecule has 0 aliphatic carbocycles. The third-order valence-electron chi connectivity index (χ3n) is 4.47. The van der Waals surface area contributed by atoms with Crippen molar-refractivity contribution in [1.82, 2.24) is 4.90 Å². The number of nitrogens with one attached hydrogen (secondary N) is 2. The molecule has 0 bridgehead atoms. The predicted octanol–water partition coefficient (Wildman–Crippen LogP) is -2.31. The van der Waals surface area contributed by atoms with E-state index in [1.807, 2.05) is 0 Å². The van der Waals surface area contributed by atoms with Crippen molar-refractivity contribution in [3.8, 4) is 11.5 Å². The lowest BCUT2D eigenvalue weighted by Crippen LogP contribution is -3.00. The first-order valence-electron chi connectivity index (χ1n) is 8.23. The van der Waals surface area contributed by atoms with E-state index >= 15 is 0 Å².